The average Bonchev–Trinajstić information content (AvgIpc) is 2.61. The summed E-state index contributed by atoms with van der Waals surface area (Å²) >= 11 is 0. The van der Waals surface area contributed by atoms with Crippen molar-refractivity contribution in [3.63, 3.8) is 0 Å². The van der Waals surface area contributed by atoms with Gasteiger partial charge >= 0.3 is 0 Å². The van der Waals surface area contributed by atoms with Crippen molar-refractivity contribution in [3.05, 3.63) is 65.2 Å². The first-order valence-electron chi connectivity index (χ1n) is 9.79. The number of hydrogen-bond acceptors (Lipinski definition) is 3. The van der Waals surface area contributed by atoms with Crippen molar-refractivity contribution in [1.29, 1.82) is 0 Å². The first-order valence-corrected chi connectivity index (χ1v) is 9.79. The van der Waals surface area contributed by atoms with E-state index in [9.17, 15) is 4.79 Å². The van der Waals surface area contributed by atoms with E-state index >= 15 is 0 Å². The number of carbonyl (C=O) groups excluding carboxylic acids is 1. The quantitative estimate of drug-likeness (QED) is 0.752. The van der Waals surface area contributed by atoms with Crippen LogP contribution >= 0.6 is 0 Å². The van der Waals surface area contributed by atoms with Crippen LogP contribution in [-0.2, 0) is 17.8 Å². The summed E-state index contributed by atoms with van der Waals surface area (Å²) < 4.78 is 5.86. The fraction of sp³-hybridized carbons (Fsp3) is 0.435. The lowest BCUT2D eigenvalue weighted by atomic mass is 9.88. The Morgan fingerprint density at radius 3 is 2.30 bits per heavy atom. The van der Waals surface area contributed by atoms with E-state index in [1.165, 1.54) is 11.1 Å². The Bertz CT molecular complexity index is 736. The van der Waals surface area contributed by atoms with E-state index in [0.717, 1.165) is 30.8 Å². The Kier molecular flexibility index (Phi) is 6.51. The summed E-state index contributed by atoms with van der Waals surface area (Å²) in [6.07, 6.45) is 0.819. The number of nitrogens with one attached hydrogen (secondary N) is 2. The summed E-state index contributed by atoms with van der Waals surface area (Å²) in [4.78, 5) is 12.3. The van der Waals surface area contributed by atoms with Crippen molar-refractivity contribution >= 4 is 5.91 Å². The van der Waals surface area contributed by atoms with Crippen LogP contribution in [0.3, 0.4) is 0 Å². The molecule has 0 saturated carbocycles. The molecule has 0 spiro atoms. The predicted octanol–water partition coefficient (Wildman–Crippen LogP) is 3.48. The third-order valence-electron chi connectivity index (χ3n) is 5.31. The van der Waals surface area contributed by atoms with Gasteiger partial charge in [0, 0.05) is 12.0 Å². The van der Waals surface area contributed by atoms with Gasteiger partial charge in [0.1, 0.15) is 12.4 Å². The second-order valence-electron chi connectivity index (χ2n) is 7.74. The Morgan fingerprint density at radius 1 is 1.07 bits per heavy atom. The molecule has 1 amide bonds. The lowest BCUT2D eigenvalue weighted by Gasteiger charge is -2.32. The minimum Gasteiger partial charge on any atom is -0.489 e. The third kappa shape index (κ3) is 5.57. The molecule has 4 heteroatoms. The van der Waals surface area contributed by atoms with Gasteiger partial charge in [-0.15, -0.1) is 0 Å². The predicted molar refractivity (Wildman–Crippen MR) is 109 cm³/mol. The van der Waals surface area contributed by atoms with Crippen LogP contribution < -0.4 is 15.4 Å². The van der Waals surface area contributed by atoms with Crippen LogP contribution in [0, 0.1) is 18.8 Å². The van der Waals surface area contributed by atoms with Crippen LogP contribution in [0.1, 0.15) is 30.5 Å². The van der Waals surface area contributed by atoms with Crippen molar-refractivity contribution in [2.24, 2.45) is 11.8 Å². The van der Waals surface area contributed by atoms with Crippen molar-refractivity contribution < 1.29 is 9.53 Å². The number of hydrogen-bond donors (Lipinski definition) is 2. The zero-order chi connectivity index (χ0) is 19.2. The highest BCUT2D eigenvalue weighted by Gasteiger charge is 2.29. The van der Waals surface area contributed by atoms with E-state index in [1.54, 1.807) is 0 Å². The summed E-state index contributed by atoms with van der Waals surface area (Å²) in [7, 11) is 0. The molecule has 2 aromatic rings. The fourth-order valence-electron chi connectivity index (χ4n) is 3.23. The van der Waals surface area contributed by atoms with Crippen molar-refractivity contribution in [1.82, 2.24) is 10.6 Å². The van der Waals surface area contributed by atoms with Gasteiger partial charge in [0.15, 0.2) is 0 Å². The lowest BCUT2D eigenvalue weighted by molar-refractivity contribution is -0.127. The van der Waals surface area contributed by atoms with Crippen LogP contribution in [0.25, 0.3) is 0 Å². The Balaban J connectivity index is 1.45. The molecule has 0 radical (unpaired) electrons. The van der Waals surface area contributed by atoms with Gasteiger partial charge in [-0.2, -0.15) is 0 Å². The maximum atomic E-state index is 12.3. The fourth-order valence-corrected chi connectivity index (χ4v) is 3.23. The number of benzene rings is 2. The first-order chi connectivity index (χ1) is 13.0. The van der Waals surface area contributed by atoms with Crippen LogP contribution in [0.15, 0.2) is 48.5 Å². The molecule has 2 atom stereocenters. The SMILES string of the molecule is Cc1ccc(COc2ccc(CC(C)NC(=O)C(C)C3CNC3)cc2)cc1. The first kappa shape index (κ1) is 19.4. The molecular formula is C23H30N2O2. The largest absolute Gasteiger partial charge is 0.489 e. The third-order valence-corrected chi connectivity index (χ3v) is 5.31. The number of ether oxygens (including phenoxy) is 1. The normalized spacial score (nSPS) is 16.3. The Labute approximate surface area is 162 Å². The van der Waals surface area contributed by atoms with Gasteiger partial charge in [0.05, 0.1) is 0 Å². The zero-order valence-electron chi connectivity index (χ0n) is 16.5. The smallest absolute Gasteiger partial charge is 0.223 e. The van der Waals surface area contributed by atoms with Crippen molar-refractivity contribution in [2.75, 3.05) is 13.1 Å². The molecule has 1 aliphatic heterocycles. The maximum absolute atomic E-state index is 12.3. The molecule has 4 nitrogen and oxygen atoms in total. The van der Waals surface area contributed by atoms with E-state index < -0.39 is 0 Å². The molecule has 2 N–H and O–H groups in total. The van der Waals surface area contributed by atoms with Crippen LogP contribution in [0.2, 0.25) is 0 Å². The van der Waals surface area contributed by atoms with E-state index in [4.69, 9.17) is 4.74 Å². The molecule has 1 heterocycles. The van der Waals surface area contributed by atoms with Crippen LogP contribution in [0.5, 0.6) is 5.75 Å². The molecule has 0 bridgehead atoms. The molecule has 3 rings (SSSR count). The van der Waals surface area contributed by atoms with Gasteiger partial charge in [-0.05, 0) is 62.5 Å². The summed E-state index contributed by atoms with van der Waals surface area (Å²) in [5.41, 5.74) is 3.61. The molecule has 1 saturated heterocycles. The van der Waals surface area contributed by atoms with Gasteiger partial charge in [0.25, 0.3) is 0 Å². The van der Waals surface area contributed by atoms with Gasteiger partial charge in [0.2, 0.25) is 5.91 Å². The highest BCUT2D eigenvalue weighted by Crippen LogP contribution is 2.18. The molecule has 144 valence electrons. The molecule has 0 aliphatic carbocycles. The molecule has 1 fully saturated rings. The zero-order valence-corrected chi connectivity index (χ0v) is 16.5. The van der Waals surface area contributed by atoms with Crippen molar-refractivity contribution in [2.45, 2.75) is 39.8 Å². The van der Waals surface area contributed by atoms with E-state index in [0.29, 0.717) is 12.5 Å². The Morgan fingerprint density at radius 2 is 1.70 bits per heavy atom. The molecule has 2 unspecified atom stereocenters. The molecule has 1 aliphatic rings. The van der Waals surface area contributed by atoms with E-state index in [-0.39, 0.29) is 17.9 Å². The number of rotatable bonds is 8. The number of carbonyl (C=O) groups is 1. The second-order valence-corrected chi connectivity index (χ2v) is 7.74. The minimum absolute atomic E-state index is 0.0752. The molecule has 2 aromatic carbocycles. The molecular weight excluding hydrogens is 336 g/mol. The summed E-state index contributed by atoms with van der Waals surface area (Å²) in [5, 5.41) is 6.37. The minimum atomic E-state index is 0.0752. The average molecular weight is 367 g/mol. The standard InChI is InChI=1S/C23H30N2O2/c1-16-4-6-20(7-5-16)15-27-22-10-8-19(9-11-22)12-17(2)25-23(26)18(3)21-13-24-14-21/h4-11,17-18,21,24H,12-15H2,1-3H3,(H,25,26). The van der Waals surface area contributed by atoms with Gasteiger partial charge < -0.3 is 15.4 Å². The van der Waals surface area contributed by atoms with Gasteiger partial charge in [-0.3, -0.25) is 4.79 Å². The van der Waals surface area contributed by atoms with Gasteiger partial charge in [-0.25, -0.2) is 0 Å². The van der Waals surface area contributed by atoms with E-state index in [2.05, 4.69) is 60.9 Å². The monoisotopic (exact) mass is 366 g/mol. The highest BCUT2D eigenvalue weighted by atomic mass is 16.5. The van der Waals surface area contributed by atoms with Crippen molar-refractivity contribution in [3.8, 4) is 5.75 Å². The summed E-state index contributed by atoms with van der Waals surface area (Å²) in [5.74, 6) is 1.57. The Hall–Kier alpha value is -2.33. The topological polar surface area (TPSA) is 50.4 Å². The summed E-state index contributed by atoms with van der Waals surface area (Å²) in [6, 6.07) is 16.6. The summed E-state index contributed by atoms with van der Waals surface area (Å²) in [6.45, 7) is 8.64. The van der Waals surface area contributed by atoms with Crippen LogP contribution in [-0.4, -0.2) is 25.0 Å². The lowest BCUT2D eigenvalue weighted by Crippen LogP contribution is -2.50. The molecule has 0 aromatic heterocycles. The highest BCUT2D eigenvalue weighted by molar-refractivity contribution is 5.79. The maximum Gasteiger partial charge on any atom is 0.223 e. The van der Waals surface area contributed by atoms with E-state index in [1.807, 2.05) is 19.1 Å². The van der Waals surface area contributed by atoms with Crippen LogP contribution in [0.4, 0.5) is 0 Å². The number of aryl methyl sites for hydroxylation is 1. The second kappa shape index (κ2) is 9.05. The molecule has 27 heavy (non-hydrogen) atoms. The number of amides is 1. The van der Waals surface area contributed by atoms with Gasteiger partial charge in [-0.1, -0.05) is 48.9 Å².